The maximum Gasteiger partial charge on any atom is 0.276 e. The lowest BCUT2D eigenvalue weighted by atomic mass is 9.96. The summed E-state index contributed by atoms with van der Waals surface area (Å²) in [7, 11) is 0. The van der Waals surface area contributed by atoms with Crippen molar-refractivity contribution in [1.82, 2.24) is 25.0 Å². The number of pyridine rings is 1. The monoisotopic (exact) mass is 419 g/mol. The minimum atomic E-state index is -0.0251. The van der Waals surface area contributed by atoms with E-state index in [1.165, 1.54) is 0 Å². The summed E-state index contributed by atoms with van der Waals surface area (Å²) in [5.74, 6) is 3.83. The normalized spacial score (nSPS) is 16.2. The molecule has 9 nitrogen and oxygen atoms in total. The van der Waals surface area contributed by atoms with E-state index in [0.717, 1.165) is 48.6 Å². The van der Waals surface area contributed by atoms with Crippen LogP contribution in [0.2, 0.25) is 0 Å². The molecule has 1 N–H and O–H groups in total. The molecule has 0 atom stereocenters. The van der Waals surface area contributed by atoms with Crippen molar-refractivity contribution in [2.75, 3.05) is 36.4 Å². The molecule has 0 saturated carbocycles. The van der Waals surface area contributed by atoms with E-state index in [9.17, 15) is 4.79 Å². The smallest absolute Gasteiger partial charge is 0.276 e. The summed E-state index contributed by atoms with van der Waals surface area (Å²) in [6.07, 6.45) is 5.69. The number of hydrogen-bond donors (Lipinski definition) is 1. The lowest BCUT2D eigenvalue weighted by Crippen LogP contribution is -2.49. The minimum Gasteiger partial charge on any atom is -0.360 e. The van der Waals surface area contributed by atoms with Gasteiger partial charge >= 0.3 is 0 Å². The number of aryl methyl sites for hydroxylation is 2. The molecular formula is C22H25N7O2. The van der Waals surface area contributed by atoms with Crippen LogP contribution in [0.25, 0.3) is 0 Å². The van der Waals surface area contributed by atoms with Gasteiger partial charge in [-0.2, -0.15) is 0 Å². The van der Waals surface area contributed by atoms with E-state index in [0.29, 0.717) is 43.5 Å². The van der Waals surface area contributed by atoms with Gasteiger partial charge in [-0.25, -0.2) is 15.0 Å². The first-order valence-corrected chi connectivity index (χ1v) is 10.7. The van der Waals surface area contributed by atoms with E-state index >= 15 is 0 Å². The quantitative estimate of drug-likeness (QED) is 0.689. The number of fused-ring (bicyclic) bond motifs is 1. The number of piperazine rings is 1. The Morgan fingerprint density at radius 3 is 2.71 bits per heavy atom. The maximum absolute atomic E-state index is 13.0. The Hall–Kier alpha value is -3.49. The predicted octanol–water partition coefficient (Wildman–Crippen LogP) is 2.75. The predicted molar refractivity (Wildman–Crippen MR) is 116 cm³/mol. The first-order valence-electron chi connectivity index (χ1n) is 10.7. The van der Waals surface area contributed by atoms with Gasteiger partial charge in [-0.1, -0.05) is 11.2 Å². The molecule has 0 radical (unpaired) electrons. The SMILES string of the molecule is Cc1nc(Nc2ccccn2)cc(N2CCN(C(=O)c3noc4c3CCCC4)CC2)n1. The molecule has 1 aliphatic carbocycles. The van der Waals surface area contributed by atoms with Gasteiger partial charge in [0.15, 0.2) is 5.69 Å². The number of aromatic nitrogens is 4. The Bertz CT molecular complexity index is 1070. The average Bonchev–Trinajstić information content (AvgIpc) is 3.23. The Kier molecular flexibility index (Phi) is 5.23. The van der Waals surface area contributed by atoms with Crippen molar-refractivity contribution in [2.45, 2.75) is 32.6 Å². The van der Waals surface area contributed by atoms with E-state index in [4.69, 9.17) is 4.52 Å². The first-order chi connectivity index (χ1) is 15.2. The van der Waals surface area contributed by atoms with Crippen LogP contribution in [-0.4, -0.2) is 57.1 Å². The number of carbonyl (C=O) groups is 1. The number of amides is 1. The van der Waals surface area contributed by atoms with Crippen LogP contribution in [0.15, 0.2) is 35.0 Å². The Morgan fingerprint density at radius 1 is 1.06 bits per heavy atom. The fourth-order valence-corrected chi connectivity index (χ4v) is 4.19. The van der Waals surface area contributed by atoms with Crippen LogP contribution >= 0.6 is 0 Å². The van der Waals surface area contributed by atoms with Crippen molar-refractivity contribution in [3.8, 4) is 0 Å². The zero-order valence-corrected chi connectivity index (χ0v) is 17.5. The molecule has 1 aliphatic heterocycles. The molecule has 5 rings (SSSR count). The molecular weight excluding hydrogens is 394 g/mol. The molecule has 1 saturated heterocycles. The van der Waals surface area contributed by atoms with Crippen molar-refractivity contribution in [1.29, 1.82) is 0 Å². The second-order valence-corrected chi connectivity index (χ2v) is 7.92. The summed E-state index contributed by atoms with van der Waals surface area (Å²) in [5, 5.41) is 7.33. The number of carbonyl (C=O) groups excluding carboxylic acids is 1. The number of nitrogens with one attached hydrogen (secondary N) is 1. The number of rotatable bonds is 4. The molecule has 3 aromatic heterocycles. The molecule has 0 aromatic carbocycles. The lowest BCUT2D eigenvalue weighted by molar-refractivity contribution is 0.0735. The third kappa shape index (κ3) is 4.08. The highest BCUT2D eigenvalue weighted by Gasteiger charge is 2.29. The van der Waals surface area contributed by atoms with Gasteiger partial charge < -0.3 is 19.6 Å². The van der Waals surface area contributed by atoms with E-state index in [1.54, 1.807) is 6.20 Å². The van der Waals surface area contributed by atoms with Gasteiger partial charge in [0.2, 0.25) is 0 Å². The van der Waals surface area contributed by atoms with E-state index in [2.05, 4.69) is 30.3 Å². The highest BCUT2D eigenvalue weighted by molar-refractivity contribution is 5.94. The van der Waals surface area contributed by atoms with Gasteiger partial charge in [0.1, 0.15) is 29.0 Å². The van der Waals surface area contributed by atoms with Crippen molar-refractivity contribution < 1.29 is 9.32 Å². The van der Waals surface area contributed by atoms with Crippen molar-refractivity contribution in [3.63, 3.8) is 0 Å². The molecule has 0 bridgehead atoms. The lowest BCUT2D eigenvalue weighted by Gasteiger charge is -2.35. The number of anilines is 3. The molecule has 0 spiro atoms. The average molecular weight is 419 g/mol. The van der Waals surface area contributed by atoms with E-state index in [1.807, 2.05) is 36.1 Å². The van der Waals surface area contributed by atoms with E-state index < -0.39 is 0 Å². The van der Waals surface area contributed by atoms with Gasteiger partial charge in [-0.05, 0) is 38.3 Å². The molecule has 0 unspecified atom stereocenters. The summed E-state index contributed by atoms with van der Waals surface area (Å²) in [6.45, 7) is 4.51. The molecule has 31 heavy (non-hydrogen) atoms. The summed E-state index contributed by atoms with van der Waals surface area (Å²) >= 11 is 0. The van der Waals surface area contributed by atoms with Gasteiger partial charge in [0.05, 0.1) is 0 Å². The third-order valence-corrected chi connectivity index (χ3v) is 5.79. The van der Waals surface area contributed by atoms with Crippen molar-refractivity contribution in [2.24, 2.45) is 0 Å². The summed E-state index contributed by atoms with van der Waals surface area (Å²) in [6, 6.07) is 7.61. The number of nitrogens with zero attached hydrogens (tertiary/aromatic N) is 6. The van der Waals surface area contributed by atoms with Crippen LogP contribution < -0.4 is 10.2 Å². The maximum atomic E-state index is 13.0. The zero-order chi connectivity index (χ0) is 21.2. The van der Waals surface area contributed by atoms with Gasteiger partial charge in [0.25, 0.3) is 5.91 Å². The Labute approximate surface area is 180 Å². The Morgan fingerprint density at radius 2 is 1.90 bits per heavy atom. The highest BCUT2D eigenvalue weighted by Crippen LogP contribution is 2.26. The van der Waals surface area contributed by atoms with Crippen LogP contribution in [0, 0.1) is 6.92 Å². The second kappa shape index (κ2) is 8.33. The minimum absolute atomic E-state index is 0.0251. The molecule has 160 valence electrons. The van der Waals surface area contributed by atoms with Crippen LogP contribution in [0.3, 0.4) is 0 Å². The van der Waals surface area contributed by atoms with Crippen LogP contribution in [-0.2, 0) is 12.8 Å². The zero-order valence-electron chi connectivity index (χ0n) is 17.5. The van der Waals surface area contributed by atoms with Crippen molar-refractivity contribution >= 4 is 23.4 Å². The molecule has 1 amide bonds. The van der Waals surface area contributed by atoms with Gasteiger partial charge in [-0.15, -0.1) is 0 Å². The number of hydrogen-bond acceptors (Lipinski definition) is 8. The first kappa shape index (κ1) is 19.5. The Balaban J connectivity index is 1.26. The van der Waals surface area contributed by atoms with Crippen LogP contribution in [0.5, 0.6) is 0 Å². The topological polar surface area (TPSA) is 100 Å². The van der Waals surface area contributed by atoms with Gasteiger partial charge in [-0.3, -0.25) is 4.79 Å². The largest absolute Gasteiger partial charge is 0.360 e. The molecule has 4 heterocycles. The van der Waals surface area contributed by atoms with Crippen LogP contribution in [0.4, 0.5) is 17.5 Å². The second-order valence-electron chi connectivity index (χ2n) is 7.92. The fraction of sp³-hybridized carbons (Fsp3) is 0.409. The van der Waals surface area contributed by atoms with Crippen molar-refractivity contribution in [3.05, 3.63) is 53.3 Å². The van der Waals surface area contributed by atoms with Crippen LogP contribution in [0.1, 0.15) is 40.5 Å². The standard InChI is InChI=1S/C22H25N7O2/c1-15-24-19(26-18-8-4-5-9-23-18)14-20(25-15)28-10-12-29(13-11-28)22(30)21-16-6-2-3-7-17(16)31-27-21/h4-5,8-9,14H,2-3,6-7,10-13H2,1H3,(H,23,24,25,26). The highest BCUT2D eigenvalue weighted by atomic mass is 16.5. The third-order valence-electron chi connectivity index (χ3n) is 5.79. The molecule has 3 aromatic rings. The molecule has 2 aliphatic rings. The molecule has 9 heteroatoms. The summed E-state index contributed by atoms with van der Waals surface area (Å²) < 4.78 is 5.43. The van der Waals surface area contributed by atoms with Gasteiger partial charge in [0, 0.05) is 50.4 Å². The fourth-order valence-electron chi connectivity index (χ4n) is 4.19. The molecule has 1 fully saturated rings. The summed E-state index contributed by atoms with van der Waals surface area (Å²) in [4.78, 5) is 30.4. The van der Waals surface area contributed by atoms with E-state index in [-0.39, 0.29) is 5.91 Å². The summed E-state index contributed by atoms with van der Waals surface area (Å²) in [5.41, 5.74) is 1.51.